The zero-order valence-corrected chi connectivity index (χ0v) is 16.7. The molecular formula is C22H28N4O3. The monoisotopic (exact) mass is 396 g/mol. The second kappa shape index (κ2) is 7.13. The van der Waals surface area contributed by atoms with E-state index in [9.17, 15) is 14.4 Å². The molecule has 5 rings (SSSR count). The molecule has 154 valence electrons. The quantitative estimate of drug-likeness (QED) is 0.786. The van der Waals surface area contributed by atoms with Crippen LogP contribution in [0.1, 0.15) is 43.2 Å². The Labute approximate surface area is 171 Å². The van der Waals surface area contributed by atoms with Crippen molar-refractivity contribution >= 4 is 17.8 Å². The summed E-state index contributed by atoms with van der Waals surface area (Å²) in [6, 6.07) is 7.97. The van der Waals surface area contributed by atoms with Gasteiger partial charge in [0.2, 0.25) is 5.91 Å². The van der Waals surface area contributed by atoms with Crippen molar-refractivity contribution in [3.8, 4) is 0 Å². The van der Waals surface area contributed by atoms with Crippen molar-refractivity contribution in [2.45, 2.75) is 50.1 Å². The first-order chi connectivity index (χ1) is 14.1. The lowest BCUT2D eigenvalue weighted by Crippen LogP contribution is -2.53. The summed E-state index contributed by atoms with van der Waals surface area (Å²) in [5.41, 5.74) is 0.977. The van der Waals surface area contributed by atoms with E-state index in [1.807, 2.05) is 24.3 Å². The van der Waals surface area contributed by atoms with Gasteiger partial charge in [-0.15, -0.1) is 0 Å². The Morgan fingerprint density at radius 2 is 1.79 bits per heavy atom. The smallest absolute Gasteiger partial charge is 0.325 e. The molecule has 2 saturated heterocycles. The lowest BCUT2D eigenvalue weighted by molar-refractivity contribution is -0.140. The Bertz CT molecular complexity index is 842. The van der Waals surface area contributed by atoms with Crippen LogP contribution < -0.4 is 5.32 Å². The number of hydrogen-bond donors (Lipinski definition) is 1. The number of rotatable bonds is 3. The first-order valence-electron chi connectivity index (χ1n) is 10.8. The zero-order valence-electron chi connectivity index (χ0n) is 16.7. The summed E-state index contributed by atoms with van der Waals surface area (Å²) in [5.74, 6) is -0.423. The number of nitrogens with zero attached hydrogens (tertiary/aromatic N) is 3. The van der Waals surface area contributed by atoms with Gasteiger partial charge in [0.05, 0.1) is 0 Å². The van der Waals surface area contributed by atoms with E-state index in [2.05, 4.69) is 10.2 Å². The Kier molecular flexibility index (Phi) is 4.57. The van der Waals surface area contributed by atoms with Crippen LogP contribution in [0.25, 0.3) is 0 Å². The van der Waals surface area contributed by atoms with Crippen LogP contribution in [0.3, 0.4) is 0 Å². The number of carbonyl (C=O) groups is 3. The maximum Gasteiger partial charge on any atom is 0.325 e. The normalized spacial score (nSPS) is 27.7. The van der Waals surface area contributed by atoms with Crippen LogP contribution in [0.2, 0.25) is 0 Å². The summed E-state index contributed by atoms with van der Waals surface area (Å²) in [6.07, 6.45) is 6.45. The molecule has 1 aromatic rings. The minimum absolute atomic E-state index is 0.136. The van der Waals surface area contributed by atoms with Crippen LogP contribution >= 0.6 is 0 Å². The second-order valence-corrected chi connectivity index (χ2v) is 8.74. The van der Waals surface area contributed by atoms with Crippen molar-refractivity contribution in [2.24, 2.45) is 0 Å². The topological polar surface area (TPSA) is 73.0 Å². The predicted octanol–water partition coefficient (Wildman–Crippen LogP) is 1.47. The number of aryl methyl sites for hydroxylation is 1. The number of nitrogens with one attached hydrogen (secondary N) is 1. The fourth-order valence-corrected chi connectivity index (χ4v) is 5.57. The molecule has 3 fully saturated rings. The van der Waals surface area contributed by atoms with Crippen molar-refractivity contribution < 1.29 is 14.4 Å². The minimum atomic E-state index is -0.991. The summed E-state index contributed by atoms with van der Waals surface area (Å²) < 4.78 is 0. The summed E-state index contributed by atoms with van der Waals surface area (Å²) in [6.45, 7) is 2.94. The van der Waals surface area contributed by atoms with E-state index >= 15 is 0 Å². The van der Waals surface area contributed by atoms with E-state index < -0.39 is 11.6 Å². The molecule has 2 aliphatic heterocycles. The standard InChI is InChI=1S/C22H28N4O3/c27-19(25-13-11-24(12-14-25)17-6-2-3-7-17)15-26-20(28)22(23-21(26)29)10-9-16-5-1-4-8-18(16)22/h1,4-5,8,17H,2-3,6-7,9-15H2,(H,23,29). The largest absolute Gasteiger partial charge is 0.339 e. The van der Waals surface area contributed by atoms with Gasteiger partial charge in [0, 0.05) is 32.2 Å². The molecule has 7 heteroatoms. The first-order valence-corrected chi connectivity index (χ1v) is 10.8. The summed E-state index contributed by atoms with van der Waals surface area (Å²) in [4.78, 5) is 44.1. The first kappa shape index (κ1) is 18.6. The molecule has 0 radical (unpaired) electrons. The Balaban J connectivity index is 1.24. The van der Waals surface area contributed by atoms with Gasteiger partial charge in [0.1, 0.15) is 12.1 Å². The third-order valence-corrected chi connectivity index (χ3v) is 7.22. The minimum Gasteiger partial charge on any atom is -0.339 e. The van der Waals surface area contributed by atoms with Gasteiger partial charge in [-0.3, -0.25) is 19.4 Å². The van der Waals surface area contributed by atoms with Crippen molar-refractivity contribution in [3.63, 3.8) is 0 Å². The molecule has 0 aromatic heterocycles. The van der Waals surface area contributed by atoms with E-state index in [-0.39, 0.29) is 18.4 Å². The number of imide groups is 1. The fraction of sp³-hybridized carbons (Fsp3) is 0.591. The van der Waals surface area contributed by atoms with Crippen LogP contribution in [-0.4, -0.2) is 71.3 Å². The number of fused-ring (bicyclic) bond motifs is 2. The van der Waals surface area contributed by atoms with Crippen molar-refractivity contribution in [2.75, 3.05) is 32.7 Å². The van der Waals surface area contributed by atoms with Crippen LogP contribution in [0.4, 0.5) is 4.79 Å². The molecule has 1 atom stereocenters. The number of hydrogen-bond acceptors (Lipinski definition) is 4. The van der Waals surface area contributed by atoms with E-state index in [0.29, 0.717) is 25.6 Å². The molecule has 1 aromatic carbocycles. The van der Waals surface area contributed by atoms with Crippen LogP contribution in [0.15, 0.2) is 24.3 Å². The molecular weight excluding hydrogens is 368 g/mol. The van der Waals surface area contributed by atoms with Crippen molar-refractivity contribution in [3.05, 3.63) is 35.4 Å². The number of benzene rings is 1. The average Bonchev–Trinajstić information content (AvgIpc) is 3.45. The fourth-order valence-electron chi connectivity index (χ4n) is 5.57. The number of amides is 4. The van der Waals surface area contributed by atoms with E-state index in [1.54, 1.807) is 4.90 Å². The molecule has 1 N–H and O–H groups in total. The molecule has 1 saturated carbocycles. The Morgan fingerprint density at radius 1 is 1.07 bits per heavy atom. The molecule has 2 heterocycles. The Morgan fingerprint density at radius 3 is 2.55 bits per heavy atom. The average molecular weight is 396 g/mol. The summed E-state index contributed by atoms with van der Waals surface area (Å²) >= 11 is 0. The molecule has 4 aliphatic rings. The van der Waals surface area contributed by atoms with E-state index in [1.165, 1.54) is 25.7 Å². The third kappa shape index (κ3) is 3.03. The maximum absolute atomic E-state index is 13.2. The highest BCUT2D eigenvalue weighted by atomic mass is 16.2. The predicted molar refractivity (Wildman–Crippen MR) is 107 cm³/mol. The molecule has 0 bridgehead atoms. The SMILES string of the molecule is O=C(CN1C(=O)NC2(CCc3ccccc32)C1=O)N1CCN(C2CCCC2)CC1. The molecule has 29 heavy (non-hydrogen) atoms. The number of urea groups is 1. The van der Waals surface area contributed by atoms with Crippen LogP contribution in [0.5, 0.6) is 0 Å². The lowest BCUT2D eigenvalue weighted by atomic mass is 9.92. The molecule has 1 spiro atoms. The van der Waals surface area contributed by atoms with Crippen LogP contribution in [0, 0.1) is 0 Å². The van der Waals surface area contributed by atoms with Gasteiger partial charge in [-0.2, -0.15) is 0 Å². The number of carbonyl (C=O) groups excluding carboxylic acids is 3. The van der Waals surface area contributed by atoms with Gasteiger partial charge >= 0.3 is 6.03 Å². The van der Waals surface area contributed by atoms with Gasteiger partial charge in [-0.1, -0.05) is 37.1 Å². The number of piperazine rings is 1. The highest BCUT2D eigenvalue weighted by Crippen LogP contribution is 2.41. The Hall–Kier alpha value is -2.41. The highest BCUT2D eigenvalue weighted by molar-refractivity contribution is 6.09. The van der Waals surface area contributed by atoms with Gasteiger partial charge in [0.15, 0.2) is 0 Å². The summed E-state index contributed by atoms with van der Waals surface area (Å²) in [7, 11) is 0. The zero-order chi connectivity index (χ0) is 20.0. The maximum atomic E-state index is 13.2. The molecule has 1 unspecified atom stereocenters. The van der Waals surface area contributed by atoms with E-state index in [4.69, 9.17) is 0 Å². The van der Waals surface area contributed by atoms with Gasteiger partial charge in [-0.25, -0.2) is 4.79 Å². The highest BCUT2D eigenvalue weighted by Gasteiger charge is 2.55. The van der Waals surface area contributed by atoms with Crippen molar-refractivity contribution in [1.82, 2.24) is 20.0 Å². The second-order valence-electron chi connectivity index (χ2n) is 8.74. The molecule has 2 aliphatic carbocycles. The van der Waals surface area contributed by atoms with Gasteiger partial charge in [-0.05, 0) is 36.8 Å². The molecule has 7 nitrogen and oxygen atoms in total. The van der Waals surface area contributed by atoms with Crippen molar-refractivity contribution in [1.29, 1.82) is 0 Å². The van der Waals surface area contributed by atoms with Crippen LogP contribution in [-0.2, 0) is 21.5 Å². The third-order valence-electron chi connectivity index (χ3n) is 7.22. The summed E-state index contributed by atoms with van der Waals surface area (Å²) in [5, 5.41) is 2.90. The van der Waals surface area contributed by atoms with E-state index in [0.717, 1.165) is 35.5 Å². The van der Waals surface area contributed by atoms with Gasteiger partial charge in [0.25, 0.3) is 5.91 Å². The van der Waals surface area contributed by atoms with Gasteiger partial charge < -0.3 is 10.2 Å². The molecule has 4 amide bonds. The lowest BCUT2D eigenvalue weighted by Gasteiger charge is -2.38.